The molecule has 33 heavy (non-hydrogen) atoms. The molecule has 2 aromatic rings. The van der Waals surface area contributed by atoms with Crippen molar-refractivity contribution in [1.29, 1.82) is 0 Å². The Bertz CT molecular complexity index is 1120. The molecule has 0 spiro atoms. The van der Waals surface area contributed by atoms with Crippen LogP contribution in [0, 0.1) is 0 Å². The van der Waals surface area contributed by atoms with E-state index >= 15 is 0 Å². The molecule has 0 radical (unpaired) electrons. The Labute approximate surface area is 193 Å². The van der Waals surface area contributed by atoms with E-state index < -0.39 is 21.8 Å². The van der Waals surface area contributed by atoms with Gasteiger partial charge in [0.15, 0.2) is 0 Å². The number of halogens is 3. The zero-order valence-corrected chi connectivity index (χ0v) is 19.3. The van der Waals surface area contributed by atoms with Gasteiger partial charge in [-0.3, -0.25) is 4.90 Å². The van der Waals surface area contributed by atoms with E-state index in [1.54, 1.807) is 6.07 Å². The van der Waals surface area contributed by atoms with Gasteiger partial charge in [-0.05, 0) is 73.5 Å². The highest BCUT2D eigenvalue weighted by Crippen LogP contribution is 2.41. The molecule has 8 heteroatoms. The maximum Gasteiger partial charge on any atom is 0.416 e. The summed E-state index contributed by atoms with van der Waals surface area (Å²) in [7, 11) is -3.30. The van der Waals surface area contributed by atoms with E-state index in [1.165, 1.54) is 17.7 Å². The molecule has 1 saturated carbocycles. The van der Waals surface area contributed by atoms with Crippen molar-refractivity contribution in [2.75, 3.05) is 13.1 Å². The number of benzene rings is 2. The fourth-order valence-corrected chi connectivity index (χ4v) is 6.83. The van der Waals surface area contributed by atoms with Crippen molar-refractivity contribution in [2.45, 2.75) is 68.5 Å². The first-order valence-corrected chi connectivity index (χ1v) is 13.3. The number of likely N-dealkylation sites (tertiary alicyclic amines) is 1. The van der Waals surface area contributed by atoms with Gasteiger partial charge in [0.2, 0.25) is 10.0 Å². The molecule has 0 amide bonds. The van der Waals surface area contributed by atoms with E-state index in [0.29, 0.717) is 12.0 Å². The minimum Gasteiger partial charge on any atom is -0.299 e. The molecule has 3 aliphatic rings. The number of hydrogen-bond acceptors (Lipinski definition) is 3. The summed E-state index contributed by atoms with van der Waals surface area (Å²) >= 11 is 0. The third kappa shape index (κ3) is 4.70. The number of fused-ring (bicyclic) bond motifs is 1. The Balaban J connectivity index is 1.39. The smallest absolute Gasteiger partial charge is 0.299 e. The minimum atomic E-state index is -4.36. The third-order valence-corrected chi connectivity index (χ3v) is 9.44. The molecule has 1 heterocycles. The van der Waals surface area contributed by atoms with Crippen LogP contribution in [0.25, 0.3) is 0 Å². The third-order valence-electron chi connectivity index (χ3n) is 7.54. The van der Waals surface area contributed by atoms with Crippen molar-refractivity contribution in [3.8, 4) is 0 Å². The molecular weight excluding hydrogens is 449 g/mol. The number of hydrogen-bond donors (Lipinski definition) is 1. The maximum atomic E-state index is 13.2. The zero-order chi connectivity index (χ0) is 23.2. The average Bonchev–Trinajstić information content (AvgIpc) is 3.00. The van der Waals surface area contributed by atoms with E-state index in [2.05, 4.69) is 21.8 Å². The largest absolute Gasteiger partial charge is 0.416 e. The predicted molar refractivity (Wildman–Crippen MR) is 121 cm³/mol. The molecular formula is C25H29F3N2O2S. The monoisotopic (exact) mass is 478 g/mol. The van der Waals surface area contributed by atoms with Crippen molar-refractivity contribution in [2.24, 2.45) is 0 Å². The minimum absolute atomic E-state index is 0.0898. The molecule has 0 bridgehead atoms. The fraction of sp³-hybridized carbons (Fsp3) is 0.520. The summed E-state index contributed by atoms with van der Waals surface area (Å²) in [6, 6.07) is 12.0. The molecule has 4 nitrogen and oxygen atoms in total. The number of sulfonamides is 1. The van der Waals surface area contributed by atoms with Crippen LogP contribution in [-0.2, 0) is 35.6 Å². The summed E-state index contributed by atoms with van der Waals surface area (Å²) in [5.41, 5.74) is 3.33. The highest BCUT2D eigenvalue weighted by atomic mass is 32.2. The van der Waals surface area contributed by atoms with Crippen LogP contribution in [-0.4, -0.2) is 37.7 Å². The van der Waals surface area contributed by atoms with Gasteiger partial charge in [-0.15, -0.1) is 0 Å². The molecule has 5 rings (SSSR count). The quantitative estimate of drug-likeness (QED) is 0.631. The van der Waals surface area contributed by atoms with Crippen LogP contribution in [0.3, 0.4) is 0 Å². The molecule has 1 aliphatic heterocycles. The Kier molecular flexibility index (Phi) is 6.04. The first-order valence-electron chi connectivity index (χ1n) is 11.7. The summed E-state index contributed by atoms with van der Waals surface area (Å²) < 4.78 is 67.3. The van der Waals surface area contributed by atoms with Gasteiger partial charge in [-0.1, -0.05) is 42.8 Å². The number of rotatable bonds is 7. The van der Waals surface area contributed by atoms with Gasteiger partial charge >= 0.3 is 6.18 Å². The lowest BCUT2D eigenvalue weighted by Gasteiger charge is -2.39. The van der Waals surface area contributed by atoms with Gasteiger partial charge < -0.3 is 0 Å². The van der Waals surface area contributed by atoms with Crippen LogP contribution >= 0.6 is 0 Å². The van der Waals surface area contributed by atoms with Crippen LogP contribution in [0.5, 0.6) is 0 Å². The second-order valence-electron chi connectivity index (χ2n) is 9.62. The Hall–Kier alpha value is -1.90. The van der Waals surface area contributed by atoms with Crippen LogP contribution in [0.4, 0.5) is 13.2 Å². The molecule has 178 valence electrons. The molecule has 1 saturated heterocycles. The second-order valence-corrected chi connectivity index (χ2v) is 11.7. The van der Waals surface area contributed by atoms with Gasteiger partial charge in [0.05, 0.1) is 10.8 Å². The van der Waals surface area contributed by atoms with Crippen LogP contribution < -0.4 is 4.72 Å². The summed E-state index contributed by atoms with van der Waals surface area (Å²) in [6.45, 7) is 2.29. The van der Waals surface area contributed by atoms with Gasteiger partial charge in [-0.2, -0.15) is 13.2 Å². The lowest BCUT2D eigenvalue weighted by molar-refractivity contribution is -0.137. The molecule has 2 fully saturated rings. The van der Waals surface area contributed by atoms with E-state index in [-0.39, 0.29) is 23.8 Å². The standard InChI is InChI=1S/C25H29F3N2O2S/c26-25(27,28)20-5-1-4-17(12-20)13-23-22-14-18(16-29-33(31,32)21-6-2-7-21)8-9-19(22)15-24(23)30-10-3-11-30/h1,4-5,8-9,12,14,21,23-24,29H,2-3,6-7,10-11,13,15-16H2. The lowest BCUT2D eigenvalue weighted by Crippen LogP contribution is -2.47. The predicted octanol–water partition coefficient (Wildman–Crippen LogP) is 4.63. The molecule has 2 atom stereocenters. The van der Waals surface area contributed by atoms with Crippen molar-refractivity contribution >= 4 is 10.0 Å². The average molecular weight is 479 g/mol. The van der Waals surface area contributed by atoms with Crippen LogP contribution in [0.1, 0.15) is 59.4 Å². The fourth-order valence-electron chi connectivity index (χ4n) is 5.27. The van der Waals surface area contributed by atoms with Gasteiger partial charge in [0.25, 0.3) is 0 Å². The van der Waals surface area contributed by atoms with Gasteiger partial charge in [0.1, 0.15) is 0 Å². The number of nitrogens with zero attached hydrogens (tertiary/aromatic N) is 1. The summed E-state index contributed by atoms with van der Waals surface area (Å²) in [4.78, 5) is 2.43. The molecule has 1 N–H and O–H groups in total. The summed E-state index contributed by atoms with van der Waals surface area (Å²) in [6.07, 6.45) is 0.608. The Morgan fingerprint density at radius 2 is 1.79 bits per heavy atom. The van der Waals surface area contributed by atoms with E-state index in [0.717, 1.165) is 62.4 Å². The normalized spacial score (nSPS) is 23.7. The first-order chi connectivity index (χ1) is 15.7. The van der Waals surface area contributed by atoms with Crippen molar-refractivity contribution in [3.05, 3.63) is 70.3 Å². The topological polar surface area (TPSA) is 49.4 Å². The Morgan fingerprint density at radius 1 is 1.00 bits per heavy atom. The molecule has 2 unspecified atom stereocenters. The first kappa shape index (κ1) is 22.9. The molecule has 2 aliphatic carbocycles. The summed E-state index contributed by atoms with van der Waals surface area (Å²) in [5, 5.41) is -0.281. The van der Waals surface area contributed by atoms with Crippen molar-refractivity contribution in [3.63, 3.8) is 0 Å². The highest BCUT2D eigenvalue weighted by Gasteiger charge is 2.39. The van der Waals surface area contributed by atoms with Gasteiger partial charge in [-0.25, -0.2) is 13.1 Å². The number of nitrogens with one attached hydrogen (secondary N) is 1. The summed E-state index contributed by atoms with van der Waals surface area (Å²) in [5.74, 6) is 0.0898. The maximum absolute atomic E-state index is 13.2. The van der Waals surface area contributed by atoms with Crippen molar-refractivity contribution in [1.82, 2.24) is 9.62 Å². The van der Waals surface area contributed by atoms with E-state index in [9.17, 15) is 21.6 Å². The van der Waals surface area contributed by atoms with Crippen LogP contribution in [0.15, 0.2) is 42.5 Å². The number of alkyl halides is 3. The van der Waals surface area contributed by atoms with Crippen LogP contribution in [0.2, 0.25) is 0 Å². The highest BCUT2D eigenvalue weighted by molar-refractivity contribution is 7.90. The SMILES string of the molecule is O=S(=O)(NCc1ccc2c(c1)C(Cc1cccc(C(F)(F)F)c1)C(N1CCC1)C2)C1CCC1. The van der Waals surface area contributed by atoms with Gasteiger partial charge in [0, 0.05) is 18.5 Å². The second kappa shape index (κ2) is 8.71. The van der Waals surface area contributed by atoms with E-state index in [1.807, 2.05) is 6.07 Å². The van der Waals surface area contributed by atoms with E-state index in [4.69, 9.17) is 0 Å². The van der Waals surface area contributed by atoms with Crippen molar-refractivity contribution < 1.29 is 21.6 Å². The lowest BCUT2D eigenvalue weighted by atomic mass is 9.88. The molecule has 2 aromatic carbocycles. The molecule has 0 aromatic heterocycles. The zero-order valence-electron chi connectivity index (χ0n) is 18.4. The Morgan fingerprint density at radius 3 is 2.42 bits per heavy atom.